The number of thioether (sulfide) groups is 1. The highest BCUT2D eigenvalue weighted by atomic mass is 35.5. The predicted molar refractivity (Wildman–Crippen MR) is 112 cm³/mol. The number of carbonyl (C=O) groups is 1. The smallest absolute Gasteiger partial charge is 0.243 e. The Morgan fingerprint density at radius 3 is 2.11 bits per heavy atom. The third-order valence-electron chi connectivity index (χ3n) is 4.02. The van der Waals surface area contributed by atoms with Crippen molar-refractivity contribution in [2.45, 2.75) is 41.9 Å². The monoisotopic (exact) mass is 426 g/mol. The maximum Gasteiger partial charge on any atom is 0.243 e. The standard InChI is InChI=1S/C19H23ClN2O3S2/c1-13(2)22(4)27(24,25)18-11-7-16(8-12-18)21-19(23)14(3)26-17-9-5-15(20)6-10-17/h5-14H,1-4H3,(H,21,23). The zero-order valence-corrected chi connectivity index (χ0v) is 18.0. The van der Waals surface area contributed by atoms with Gasteiger partial charge in [0, 0.05) is 28.7 Å². The molecule has 0 aromatic heterocycles. The molecular formula is C19H23ClN2O3S2. The zero-order valence-electron chi connectivity index (χ0n) is 15.6. The first kappa shape index (κ1) is 21.8. The number of nitrogens with one attached hydrogen (secondary N) is 1. The Kier molecular flexibility index (Phi) is 7.33. The first-order valence-corrected chi connectivity index (χ1v) is 11.1. The quantitative estimate of drug-likeness (QED) is 0.662. The third kappa shape index (κ3) is 5.72. The highest BCUT2D eigenvalue weighted by Gasteiger charge is 2.23. The molecule has 0 bridgehead atoms. The van der Waals surface area contributed by atoms with Gasteiger partial charge in [0.2, 0.25) is 15.9 Å². The lowest BCUT2D eigenvalue weighted by Crippen LogP contribution is -2.33. The van der Waals surface area contributed by atoms with Crippen molar-refractivity contribution in [3.05, 3.63) is 53.6 Å². The summed E-state index contributed by atoms with van der Waals surface area (Å²) >= 11 is 7.29. The number of anilines is 1. The van der Waals surface area contributed by atoms with Crippen molar-refractivity contribution >= 4 is 45.0 Å². The summed E-state index contributed by atoms with van der Waals surface area (Å²) in [7, 11) is -1.99. The Labute approximate surface area is 170 Å². The van der Waals surface area contributed by atoms with Crippen LogP contribution in [0, 0.1) is 0 Å². The number of amides is 1. The second-order valence-corrected chi connectivity index (χ2v) is 10.2. The molecule has 0 heterocycles. The Hall–Kier alpha value is -1.54. The molecule has 0 aliphatic carbocycles. The summed E-state index contributed by atoms with van der Waals surface area (Å²) in [5, 5.41) is 3.14. The molecule has 1 amide bonds. The van der Waals surface area contributed by atoms with E-state index in [1.165, 1.54) is 28.2 Å². The van der Waals surface area contributed by atoms with Crippen LogP contribution in [0.25, 0.3) is 0 Å². The first-order valence-electron chi connectivity index (χ1n) is 8.42. The molecule has 0 saturated carbocycles. The molecular weight excluding hydrogens is 404 g/mol. The number of nitrogens with zero attached hydrogens (tertiary/aromatic N) is 1. The fourth-order valence-electron chi connectivity index (χ4n) is 2.17. The molecule has 5 nitrogen and oxygen atoms in total. The average molecular weight is 427 g/mol. The van der Waals surface area contributed by atoms with Crippen LogP contribution in [0.4, 0.5) is 5.69 Å². The topological polar surface area (TPSA) is 66.5 Å². The molecule has 1 N–H and O–H groups in total. The van der Waals surface area contributed by atoms with Crippen LogP contribution in [0.3, 0.4) is 0 Å². The van der Waals surface area contributed by atoms with Gasteiger partial charge in [0.15, 0.2) is 0 Å². The number of hydrogen-bond donors (Lipinski definition) is 1. The number of hydrogen-bond acceptors (Lipinski definition) is 4. The van der Waals surface area contributed by atoms with E-state index >= 15 is 0 Å². The second kappa shape index (κ2) is 9.10. The summed E-state index contributed by atoms with van der Waals surface area (Å²) in [5.74, 6) is -0.162. The second-order valence-electron chi connectivity index (χ2n) is 6.34. The lowest BCUT2D eigenvalue weighted by Gasteiger charge is -2.21. The number of benzene rings is 2. The summed E-state index contributed by atoms with van der Waals surface area (Å²) < 4.78 is 26.2. The molecule has 0 radical (unpaired) electrons. The highest BCUT2D eigenvalue weighted by Crippen LogP contribution is 2.26. The van der Waals surface area contributed by atoms with Crippen molar-refractivity contribution in [1.82, 2.24) is 4.31 Å². The summed E-state index contributed by atoms with van der Waals surface area (Å²) in [4.78, 5) is 13.5. The van der Waals surface area contributed by atoms with Gasteiger partial charge in [0.1, 0.15) is 0 Å². The van der Waals surface area contributed by atoms with Crippen LogP contribution in [-0.4, -0.2) is 37.0 Å². The fraction of sp³-hybridized carbons (Fsp3) is 0.316. The van der Waals surface area contributed by atoms with E-state index in [0.717, 1.165) is 4.90 Å². The van der Waals surface area contributed by atoms with Crippen LogP contribution in [0.2, 0.25) is 5.02 Å². The SMILES string of the molecule is CC(Sc1ccc(Cl)cc1)C(=O)Nc1ccc(S(=O)(=O)N(C)C(C)C)cc1. The molecule has 0 fully saturated rings. The van der Waals surface area contributed by atoms with Crippen molar-refractivity contribution in [2.75, 3.05) is 12.4 Å². The predicted octanol–water partition coefficient (Wildman–Crippen LogP) is 4.49. The van der Waals surface area contributed by atoms with E-state index in [4.69, 9.17) is 11.6 Å². The largest absolute Gasteiger partial charge is 0.325 e. The van der Waals surface area contributed by atoms with Crippen molar-refractivity contribution in [3.63, 3.8) is 0 Å². The molecule has 8 heteroatoms. The summed E-state index contributed by atoms with van der Waals surface area (Å²) in [5.41, 5.74) is 0.551. The number of halogens is 1. The van der Waals surface area contributed by atoms with Crippen LogP contribution in [0.1, 0.15) is 20.8 Å². The molecule has 1 unspecified atom stereocenters. The van der Waals surface area contributed by atoms with Gasteiger partial charge in [-0.2, -0.15) is 4.31 Å². The minimum Gasteiger partial charge on any atom is -0.325 e. The maximum atomic E-state index is 12.5. The van der Waals surface area contributed by atoms with E-state index in [1.54, 1.807) is 31.3 Å². The van der Waals surface area contributed by atoms with E-state index in [0.29, 0.717) is 10.7 Å². The van der Waals surface area contributed by atoms with Gasteiger partial charge in [-0.3, -0.25) is 4.79 Å². The van der Waals surface area contributed by atoms with Gasteiger partial charge < -0.3 is 5.32 Å². The van der Waals surface area contributed by atoms with Crippen molar-refractivity contribution in [2.24, 2.45) is 0 Å². The number of rotatable bonds is 7. The van der Waals surface area contributed by atoms with Gasteiger partial charge in [0.05, 0.1) is 10.1 Å². The molecule has 2 rings (SSSR count). The van der Waals surface area contributed by atoms with Crippen LogP contribution in [-0.2, 0) is 14.8 Å². The number of carbonyl (C=O) groups excluding carboxylic acids is 1. The van der Waals surface area contributed by atoms with Crippen molar-refractivity contribution in [1.29, 1.82) is 0 Å². The molecule has 0 aliphatic rings. The Balaban J connectivity index is 2.03. The van der Waals surface area contributed by atoms with Gasteiger partial charge in [-0.15, -0.1) is 11.8 Å². The maximum absolute atomic E-state index is 12.5. The van der Waals surface area contributed by atoms with Gasteiger partial charge in [0.25, 0.3) is 0 Å². The molecule has 146 valence electrons. The van der Waals surface area contributed by atoms with Crippen LogP contribution in [0.15, 0.2) is 58.3 Å². The molecule has 2 aromatic carbocycles. The minimum atomic E-state index is -3.54. The van der Waals surface area contributed by atoms with E-state index in [-0.39, 0.29) is 22.1 Å². The first-order chi connectivity index (χ1) is 12.6. The summed E-state index contributed by atoms with van der Waals surface area (Å²) in [6.45, 7) is 5.43. The Morgan fingerprint density at radius 1 is 1.04 bits per heavy atom. The molecule has 2 aromatic rings. The summed E-state index contributed by atoms with van der Waals surface area (Å²) in [6, 6.07) is 13.3. The molecule has 1 atom stereocenters. The minimum absolute atomic E-state index is 0.139. The van der Waals surface area contributed by atoms with Crippen LogP contribution < -0.4 is 5.32 Å². The van der Waals surface area contributed by atoms with E-state index in [1.807, 2.05) is 32.9 Å². The highest BCUT2D eigenvalue weighted by molar-refractivity contribution is 8.00. The summed E-state index contributed by atoms with van der Waals surface area (Å²) in [6.07, 6.45) is 0. The van der Waals surface area contributed by atoms with Crippen molar-refractivity contribution < 1.29 is 13.2 Å². The van der Waals surface area contributed by atoms with E-state index < -0.39 is 10.0 Å². The van der Waals surface area contributed by atoms with Gasteiger partial charge in [-0.25, -0.2) is 8.42 Å². The fourth-order valence-corrected chi connectivity index (χ4v) is 4.53. The van der Waals surface area contributed by atoms with Gasteiger partial charge in [-0.05, 0) is 69.3 Å². The zero-order chi connectivity index (χ0) is 20.2. The van der Waals surface area contributed by atoms with Crippen LogP contribution >= 0.6 is 23.4 Å². The lowest BCUT2D eigenvalue weighted by molar-refractivity contribution is -0.115. The molecule has 0 aliphatic heterocycles. The normalized spacial score (nSPS) is 13.0. The number of sulfonamides is 1. The molecule has 0 spiro atoms. The van der Waals surface area contributed by atoms with Gasteiger partial charge >= 0.3 is 0 Å². The van der Waals surface area contributed by atoms with Crippen LogP contribution in [0.5, 0.6) is 0 Å². The van der Waals surface area contributed by atoms with E-state index in [9.17, 15) is 13.2 Å². The molecule has 0 saturated heterocycles. The van der Waals surface area contributed by atoms with Gasteiger partial charge in [-0.1, -0.05) is 11.6 Å². The van der Waals surface area contributed by atoms with Crippen molar-refractivity contribution in [3.8, 4) is 0 Å². The Morgan fingerprint density at radius 2 is 1.59 bits per heavy atom. The van der Waals surface area contributed by atoms with E-state index in [2.05, 4.69) is 5.32 Å². The average Bonchev–Trinajstić information content (AvgIpc) is 2.63. The lowest BCUT2D eigenvalue weighted by atomic mass is 10.3. The third-order valence-corrected chi connectivity index (χ3v) is 7.43. The Bertz CT molecular complexity index is 882. The molecule has 27 heavy (non-hydrogen) atoms.